The highest BCUT2D eigenvalue weighted by molar-refractivity contribution is 9.10. The van der Waals surface area contributed by atoms with Crippen LogP contribution in [0.3, 0.4) is 0 Å². The highest BCUT2D eigenvalue weighted by Gasteiger charge is 2.19. The molecule has 0 amide bonds. The Morgan fingerprint density at radius 3 is 2.71 bits per heavy atom. The summed E-state index contributed by atoms with van der Waals surface area (Å²) < 4.78 is 0.937. The summed E-state index contributed by atoms with van der Waals surface area (Å²) in [5.41, 5.74) is 8.91. The van der Waals surface area contributed by atoms with E-state index >= 15 is 0 Å². The van der Waals surface area contributed by atoms with Crippen LogP contribution in [0.5, 0.6) is 0 Å². The Balaban J connectivity index is 2.25. The molecule has 0 saturated heterocycles. The van der Waals surface area contributed by atoms with Gasteiger partial charge in [0.15, 0.2) is 0 Å². The van der Waals surface area contributed by atoms with Crippen LogP contribution in [-0.2, 0) is 0 Å². The second-order valence-electron chi connectivity index (χ2n) is 6.51. The molecule has 0 radical (unpaired) electrons. The lowest BCUT2D eigenvalue weighted by atomic mass is 9.93. The largest absolute Gasteiger partial charge is 0.398 e. The van der Waals surface area contributed by atoms with Crippen LogP contribution >= 0.6 is 15.9 Å². The minimum Gasteiger partial charge on any atom is -0.398 e. The molecule has 0 atom stereocenters. The van der Waals surface area contributed by atoms with Gasteiger partial charge in [0.1, 0.15) is 0 Å². The summed E-state index contributed by atoms with van der Waals surface area (Å²) >= 11 is 3.45. The second-order valence-corrected chi connectivity index (χ2v) is 7.42. The Labute approximate surface area is 134 Å². The molecule has 0 saturated carbocycles. The number of hydrogen-bond donors (Lipinski definition) is 2. The normalized spacial score (nSPS) is 12.1. The molecule has 0 aliphatic carbocycles. The molecule has 1 heterocycles. The number of hydrogen-bond acceptors (Lipinski definition) is 4. The molecule has 1 aromatic heterocycles. The molecule has 0 spiro atoms. The monoisotopic (exact) mass is 350 g/mol. The Morgan fingerprint density at radius 1 is 1.33 bits per heavy atom. The fourth-order valence-corrected chi connectivity index (χ4v) is 2.94. The molecule has 0 bridgehead atoms. The fraction of sp³-hybridized carbons (Fsp3) is 0.438. The molecule has 2 rings (SSSR count). The van der Waals surface area contributed by atoms with Crippen molar-refractivity contribution in [3.05, 3.63) is 28.9 Å². The maximum atomic E-state index is 6.05. The van der Waals surface area contributed by atoms with Gasteiger partial charge in [-0.15, -0.1) is 0 Å². The lowest BCUT2D eigenvalue weighted by Crippen LogP contribution is -2.34. The van der Waals surface area contributed by atoms with Crippen LogP contribution in [0.2, 0.25) is 0 Å². The highest BCUT2D eigenvalue weighted by Crippen LogP contribution is 2.29. The van der Waals surface area contributed by atoms with E-state index in [1.165, 1.54) is 0 Å². The van der Waals surface area contributed by atoms with E-state index in [9.17, 15) is 0 Å². The number of halogens is 1. The molecule has 4 nitrogen and oxygen atoms in total. The summed E-state index contributed by atoms with van der Waals surface area (Å²) in [6.45, 7) is 6.40. The number of aromatic nitrogens is 1. The first kappa shape index (κ1) is 16.0. The Bertz CT molecular complexity index is 637. The zero-order chi connectivity index (χ0) is 15.6. The van der Waals surface area contributed by atoms with Crippen molar-refractivity contribution in [2.75, 3.05) is 38.2 Å². The average Bonchev–Trinajstić information content (AvgIpc) is 2.37. The topological polar surface area (TPSA) is 54.2 Å². The molecular formula is C16H23BrN4. The maximum Gasteiger partial charge on any atom is 0.0954 e. The third kappa shape index (κ3) is 4.08. The molecule has 3 N–H and O–H groups in total. The molecule has 5 heteroatoms. The molecule has 2 aromatic rings. The number of benzene rings is 1. The number of nitrogens with two attached hydrogens (primary N) is 1. The Morgan fingerprint density at radius 2 is 2.05 bits per heavy atom. The highest BCUT2D eigenvalue weighted by atomic mass is 79.9. The number of nitrogens with zero attached hydrogens (tertiary/aromatic N) is 2. The van der Waals surface area contributed by atoms with Crippen molar-refractivity contribution in [2.24, 2.45) is 5.41 Å². The van der Waals surface area contributed by atoms with Crippen molar-refractivity contribution in [3.8, 4) is 0 Å². The van der Waals surface area contributed by atoms with Gasteiger partial charge >= 0.3 is 0 Å². The van der Waals surface area contributed by atoms with Crippen molar-refractivity contribution >= 4 is 38.2 Å². The van der Waals surface area contributed by atoms with Gasteiger partial charge in [-0.3, -0.25) is 4.98 Å². The summed E-state index contributed by atoms with van der Waals surface area (Å²) in [6, 6.07) is 5.94. The van der Waals surface area contributed by atoms with Crippen molar-refractivity contribution in [3.63, 3.8) is 0 Å². The van der Waals surface area contributed by atoms with Crippen molar-refractivity contribution in [1.82, 2.24) is 9.88 Å². The molecule has 0 aliphatic rings. The zero-order valence-electron chi connectivity index (χ0n) is 13.1. The van der Waals surface area contributed by atoms with E-state index < -0.39 is 0 Å². The maximum absolute atomic E-state index is 6.05. The number of fused-ring (bicyclic) bond motifs is 1. The van der Waals surface area contributed by atoms with Gasteiger partial charge in [0, 0.05) is 34.8 Å². The Hall–Kier alpha value is -1.33. The molecule has 114 valence electrons. The molecule has 0 aliphatic heterocycles. The fourth-order valence-electron chi connectivity index (χ4n) is 2.60. The summed E-state index contributed by atoms with van der Waals surface area (Å²) in [7, 11) is 4.19. The lowest BCUT2D eigenvalue weighted by Gasteiger charge is -2.29. The summed E-state index contributed by atoms with van der Waals surface area (Å²) in [5.74, 6) is 0. The molecular weight excluding hydrogens is 328 g/mol. The van der Waals surface area contributed by atoms with Gasteiger partial charge in [0.25, 0.3) is 0 Å². The molecule has 0 unspecified atom stereocenters. The van der Waals surface area contributed by atoms with Crippen molar-refractivity contribution in [2.45, 2.75) is 13.8 Å². The van der Waals surface area contributed by atoms with Crippen LogP contribution in [0.4, 0.5) is 11.4 Å². The van der Waals surface area contributed by atoms with Crippen molar-refractivity contribution in [1.29, 1.82) is 0 Å². The number of nitrogens with one attached hydrogen (secondary N) is 1. The first-order valence-corrected chi connectivity index (χ1v) is 7.80. The minimum absolute atomic E-state index is 0.173. The van der Waals surface area contributed by atoms with E-state index in [0.717, 1.165) is 39.8 Å². The van der Waals surface area contributed by atoms with Gasteiger partial charge in [-0.05, 0) is 53.6 Å². The van der Waals surface area contributed by atoms with E-state index in [1.807, 2.05) is 18.2 Å². The van der Waals surface area contributed by atoms with Gasteiger partial charge in [-0.2, -0.15) is 0 Å². The van der Waals surface area contributed by atoms with Gasteiger partial charge in [-0.1, -0.05) is 13.8 Å². The number of anilines is 2. The van der Waals surface area contributed by atoms with Crippen LogP contribution in [-0.4, -0.2) is 37.1 Å². The van der Waals surface area contributed by atoms with Gasteiger partial charge in [0.05, 0.1) is 11.2 Å². The molecule has 1 aromatic carbocycles. The quantitative estimate of drug-likeness (QED) is 0.809. The van der Waals surface area contributed by atoms with Crippen LogP contribution in [0.15, 0.2) is 28.9 Å². The predicted molar refractivity (Wildman–Crippen MR) is 94.7 cm³/mol. The van der Waals surface area contributed by atoms with E-state index in [4.69, 9.17) is 5.73 Å². The number of rotatable bonds is 5. The first-order chi connectivity index (χ1) is 9.78. The van der Waals surface area contributed by atoms with Gasteiger partial charge in [-0.25, -0.2) is 0 Å². The van der Waals surface area contributed by atoms with Gasteiger partial charge in [0.2, 0.25) is 0 Å². The Kier molecular flexibility index (Phi) is 4.74. The van der Waals surface area contributed by atoms with E-state index in [2.05, 4.69) is 59.1 Å². The summed E-state index contributed by atoms with van der Waals surface area (Å²) in [4.78, 5) is 6.71. The minimum atomic E-state index is 0.173. The first-order valence-electron chi connectivity index (χ1n) is 7.01. The second kappa shape index (κ2) is 6.20. The third-order valence-corrected chi connectivity index (χ3v) is 3.79. The molecule has 21 heavy (non-hydrogen) atoms. The van der Waals surface area contributed by atoms with E-state index in [0.29, 0.717) is 0 Å². The predicted octanol–water partition coefficient (Wildman–Crippen LogP) is 3.58. The van der Waals surface area contributed by atoms with Gasteiger partial charge < -0.3 is 16.0 Å². The van der Waals surface area contributed by atoms with E-state index in [1.54, 1.807) is 6.20 Å². The SMILES string of the molecule is CN(C)CC(C)(C)CNc1ccc(N)c2cc(Br)cnc12. The zero-order valence-corrected chi connectivity index (χ0v) is 14.7. The summed E-state index contributed by atoms with van der Waals surface area (Å²) in [6.07, 6.45) is 1.80. The lowest BCUT2D eigenvalue weighted by molar-refractivity contribution is 0.254. The third-order valence-electron chi connectivity index (χ3n) is 3.35. The van der Waals surface area contributed by atoms with E-state index in [-0.39, 0.29) is 5.41 Å². The standard InChI is InChI=1S/C16H23BrN4/c1-16(2,10-21(3)4)9-20-14-6-5-13(18)12-7-11(17)8-19-15(12)14/h5-8,20H,9-10,18H2,1-4H3. The molecule has 0 fully saturated rings. The number of nitrogen functional groups attached to an aromatic ring is 1. The summed E-state index contributed by atoms with van der Waals surface area (Å²) in [5, 5.41) is 4.49. The van der Waals surface area contributed by atoms with Crippen LogP contribution in [0.1, 0.15) is 13.8 Å². The van der Waals surface area contributed by atoms with Crippen molar-refractivity contribution < 1.29 is 0 Å². The smallest absolute Gasteiger partial charge is 0.0954 e. The average molecular weight is 351 g/mol. The van der Waals surface area contributed by atoms with Crippen LogP contribution in [0, 0.1) is 5.41 Å². The number of pyridine rings is 1. The van der Waals surface area contributed by atoms with Crippen LogP contribution in [0.25, 0.3) is 10.9 Å². The van der Waals surface area contributed by atoms with Crippen LogP contribution < -0.4 is 11.1 Å².